The van der Waals surface area contributed by atoms with Crippen molar-refractivity contribution in [2.45, 2.75) is 162 Å². The van der Waals surface area contributed by atoms with Crippen LogP contribution in [0.15, 0.2) is 78.9 Å². The molecule has 0 aliphatic heterocycles. The van der Waals surface area contributed by atoms with Gasteiger partial charge in [-0.25, -0.2) is 0 Å². The zero-order valence-electron chi connectivity index (χ0n) is 32.6. The Morgan fingerprint density at radius 2 is 0.776 bits per heavy atom. The van der Waals surface area contributed by atoms with Gasteiger partial charge in [0.2, 0.25) is 0 Å². The second-order valence-electron chi connectivity index (χ2n) is 15.5. The molecule has 0 nitrogen and oxygen atoms in total. The van der Waals surface area contributed by atoms with E-state index >= 15 is 0 Å². The summed E-state index contributed by atoms with van der Waals surface area (Å²) in [5, 5.41) is 3.18. The van der Waals surface area contributed by atoms with E-state index in [0.717, 1.165) is 0 Å². The first kappa shape index (κ1) is 41.9. The minimum atomic E-state index is -1.33. The fourth-order valence-corrected chi connectivity index (χ4v) is 16.4. The quantitative estimate of drug-likeness (QED) is 0.0499. The first-order chi connectivity index (χ1) is 24.1. The van der Waals surface area contributed by atoms with Gasteiger partial charge in [-0.3, -0.25) is 0 Å². The van der Waals surface area contributed by atoms with E-state index < -0.39 is 7.26 Å². The Morgan fingerprint density at radius 1 is 0.408 bits per heavy atom. The monoisotopic (exact) mass is 703 g/mol. The zero-order chi connectivity index (χ0) is 34.8. The molecule has 0 heterocycles. The molecule has 3 aromatic rings. The molecule has 0 fully saturated rings. The number of hydrogen-bond acceptors (Lipinski definition) is 0. The van der Waals surface area contributed by atoms with Crippen molar-refractivity contribution in [3.05, 3.63) is 95.6 Å². The normalized spacial score (nSPS) is 12.2. The Kier molecular flexibility index (Phi) is 22.5. The van der Waals surface area contributed by atoms with Gasteiger partial charge in [0.15, 0.2) is 0 Å². The molecule has 0 saturated heterocycles. The minimum absolute atomic E-state index is 0.269. The summed E-state index contributed by atoms with van der Waals surface area (Å²) >= 11 is 0. The van der Waals surface area contributed by atoms with Crippen molar-refractivity contribution in [1.29, 1.82) is 0 Å². The molecule has 0 amide bonds. The molecule has 0 aromatic heterocycles. The molecule has 0 N–H and O–H groups in total. The van der Waals surface area contributed by atoms with Crippen molar-refractivity contribution in [1.82, 2.24) is 0 Å². The fourth-order valence-electron chi connectivity index (χ4n) is 8.16. The van der Waals surface area contributed by atoms with Crippen LogP contribution in [0.2, 0.25) is 0 Å². The third-order valence-corrected chi connectivity index (χ3v) is 19.5. The summed E-state index contributed by atoms with van der Waals surface area (Å²) in [6.07, 6.45) is 36.2. The second-order valence-corrected chi connectivity index (χ2v) is 22.6. The predicted molar refractivity (Wildman–Crippen MR) is 230 cm³/mol. The summed E-state index contributed by atoms with van der Waals surface area (Å²) in [5.41, 5.74) is 4.57. The number of rotatable bonds is 29. The summed E-state index contributed by atoms with van der Waals surface area (Å²) in [7, 11) is -1.60. The number of hydrogen-bond donors (Lipinski definition) is 0. The van der Waals surface area contributed by atoms with Gasteiger partial charge in [0, 0.05) is 0 Å². The van der Waals surface area contributed by atoms with E-state index in [9.17, 15) is 0 Å². The Hall–Kier alpha value is -1.48. The van der Waals surface area contributed by atoms with Crippen LogP contribution in [-0.2, 0) is 6.16 Å². The standard InChI is InChI=1S/C47H76P2/c1-5-7-9-11-18-29-39-49(40-30-19-12-10-8-6-2,42-45-34-22-21-23-35-45)41-31-20-16-14-13-15-17-28-38-48(46-36-26-24-32-43(46)3)47-37-27-25-33-44(47)4/h21-27,32-37,49H,5-20,28-31,38-42H2,1-4H3. The van der Waals surface area contributed by atoms with Crippen LogP contribution in [0.3, 0.4) is 0 Å². The van der Waals surface area contributed by atoms with Crippen LogP contribution in [0.1, 0.15) is 159 Å². The van der Waals surface area contributed by atoms with Crippen LogP contribution >= 0.6 is 15.2 Å². The van der Waals surface area contributed by atoms with E-state index in [1.54, 1.807) is 34.7 Å². The van der Waals surface area contributed by atoms with Gasteiger partial charge in [0.05, 0.1) is 0 Å². The molecule has 3 rings (SSSR count). The van der Waals surface area contributed by atoms with Crippen molar-refractivity contribution < 1.29 is 0 Å². The van der Waals surface area contributed by atoms with Crippen molar-refractivity contribution in [3.63, 3.8) is 0 Å². The molecule has 274 valence electrons. The first-order valence-electron chi connectivity index (χ1n) is 21.0. The first-order valence-corrected chi connectivity index (χ1v) is 25.4. The van der Waals surface area contributed by atoms with Crippen LogP contribution in [0, 0.1) is 13.8 Å². The molecule has 2 heteroatoms. The topological polar surface area (TPSA) is 0 Å². The zero-order valence-corrected chi connectivity index (χ0v) is 34.5. The Morgan fingerprint density at radius 3 is 1.20 bits per heavy atom. The maximum absolute atomic E-state index is 2.44. The van der Waals surface area contributed by atoms with Crippen LogP contribution < -0.4 is 10.6 Å². The molecule has 0 bridgehead atoms. The molecule has 49 heavy (non-hydrogen) atoms. The SMILES string of the molecule is CCCCCCCC[PH](CCCCCCCC)(CCCCCCCCCCP(c1ccccc1C)c1ccccc1C)Cc1ccccc1. The number of benzene rings is 3. The van der Waals surface area contributed by atoms with Gasteiger partial charge in [0.1, 0.15) is 0 Å². The summed E-state index contributed by atoms with van der Waals surface area (Å²) in [6.45, 7) is 9.30. The van der Waals surface area contributed by atoms with E-state index in [4.69, 9.17) is 0 Å². The number of aryl methyl sites for hydroxylation is 2. The van der Waals surface area contributed by atoms with Gasteiger partial charge in [-0.05, 0) is 25.0 Å². The van der Waals surface area contributed by atoms with Gasteiger partial charge >= 0.3 is 235 Å². The molecule has 0 aliphatic rings. The summed E-state index contributed by atoms with van der Waals surface area (Å²) < 4.78 is 0. The molecule has 0 atom stereocenters. The van der Waals surface area contributed by atoms with Gasteiger partial charge in [-0.1, -0.05) is 48.5 Å². The van der Waals surface area contributed by atoms with Crippen molar-refractivity contribution in [2.24, 2.45) is 0 Å². The van der Waals surface area contributed by atoms with Crippen LogP contribution in [-0.4, -0.2) is 24.6 Å². The van der Waals surface area contributed by atoms with Crippen molar-refractivity contribution in [3.8, 4) is 0 Å². The summed E-state index contributed by atoms with van der Waals surface area (Å²) in [4.78, 5) is 0. The Balaban J connectivity index is 1.45. The molecule has 0 radical (unpaired) electrons. The molecular formula is C47H76P2. The van der Waals surface area contributed by atoms with E-state index in [1.807, 2.05) is 0 Å². The fraction of sp³-hybridized carbons (Fsp3) is 0.617. The summed E-state index contributed by atoms with van der Waals surface area (Å²) in [5.74, 6) is 0. The van der Waals surface area contributed by atoms with E-state index in [2.05, 4.69) is 107 Å². The maximum atomic E-state index is 2.44. The van der Waals surface area contributed by atoms with Crippen molar-refractivity contribution in [2.75, 3.05) is 24.6 Å². The van der Waals surface area contributed by atoms with E-state index in [-0.39, 0.29) is 7.92 Å². The predicted octanol–water partition coefficient (Wildman–Crippen LogP) is 14.5. The molecule has 0 unspecified atom stereocenters. The van der Waals surface area contributed by atoms with Gasteiger partial charge in [-0.2, -0.15) is 0 Å². The molecule has 0 aliphatic carbocycles. The average molecular weight is 703 g/mol. The third kappa shape index (κ3) is 17.1. The Labute approximate surface area is 307 Å². The van der Waals surface area contributed by atoms with E-state index in [0.29, 0.717) is 0 Å². The van der Waals surface area contributed by atoms with Gasteiger partial charge < -0.3 is 0 Å². The van der Waals surface area contributed by atoms with Crippen LogP contribution in [0.25, 0.3) is 0 Å². The van der Waals surface area contributed by atoms with E-state index in [1.165, 1.54) is 152 Å². The molecular weight excluding hydrogens is 626 g/mol. The molecule has 0 spiro atoms. The average Bonchev–Trinajstić information content (AvgIpc) is 3.11. The van der Waals surface area contributed by atoms with Gasteiger partial charge in [0.25, 0.3) is 0 Å². The summed E-state index contributed by atoms with van der Waals surface area (Å²) in [6, 6.07) is 29.9. The van der Waals surface area contributed by atoms with Crippen LogP contribution in [0.4, 0.5) is 0 Å². The molecule has 0 saturated carbocycles. The number of unbranched alkanes of at least 4 members (excludes halogenated alkanes) is 17. The third-order valence-electron chi connectivity index (χ3n) is 11.2. The Bertz CT molecular complexity index is 1160. The van der Waals surface area contributed by atoms with Crippen molar-refractivity contribution >= 4 is 25.8 Å². The van der Waals surface area contributed by atoms with Crippen LogP contribution in [0.5, 0.6) is 0 Å². The second kappa shape index (κ2) is 26.3. The van der Waals surface area contributed by atoms with Gasteiger partial charge in [-0.15, -0.1) is 0 Å². The molecule has 3 aromatic carbocycles.